The van der Waals surface area contributed by atoms with Crippen molar-refractivity contribution < 1.29 is 5.11 Å². The molecule has 0 bridgehead atoms. The first-order valence-electron chi connectivity index (χ1n) is 7.33. The molecule has 1 rings (SSSR count). The first-order valence-corrected chi connectivity index (χ1v) is 7.33. The zero-order valence-corrected chi connectivity index (χ0v) is 13.2. The molecule has 106 valence electrons. The van der Waals surface area contributed by atoms with Crippen LogP contribution in [0.25, 0.3) is 6.08 Å². The summed E-state index contributed by atoms with van der Waals surface area (Å²) in [4.78, 5) is 0. The largest absolute Gasteiger partial charge is 0.392 e. The molecular formula is C18H28O. The molecule has 0 amide bonds. The molecule has 1 aromatic carbocycles. The summed E-state index contributed by atoms with van der Waals surface area (Å²) in [6.07, 6.45) is 3.91. The minimum absolute atomic E-state index is 0.0982. The Labute approximate surface area is 118 Å². The Morgan fingerprint density at radius 2 is 1.37 bits per heavy atom. The summed E-state index contributed by atoms with van der Waals surface area (Å²) in [5.41, 5.74) is 5.48. The van der Waals surface area contributed by atoms with Crippen LogP contribution >= 0.6 is 0 Å². The van der Waals surface area contributed by atoms with Gasteiger partial charge in [0.05, 0.1) is 6.61 Å². The van der Waals surface area contributed by atoms with Crippen LogP contribution in [0.3, 0.4) is 0 Å². The summed E-state index contributed by atoms with van der Waals surface area (Å²) in [6.45, 7) is 13.5. The molecule has 1 heteroatoms. The van der Waals surface area contributed by atoms with Crippen molar-refractivity contribution in [2.75, 3.05) is 6.61 Å². The summed E-state index contributed by atoms with van der Waals surface area (Å²) in [5.74, 6) is 1.54. The molecule has 0 heterocycles. The molecule has 19 heavy (non-hydrogen) atoms. The van der Waals surface area contributed by atoms with Gasteiger partial charge in [0.15, 0.2) is 0 Å². The molecule has 0 aromatic heterocycles. The van der Waals surface area contributed by atoms with Gasteiger partial charge in [0.2, 0.25) is 0 Å². The molecular weight excluding hydrogens is 232 g/mol. The summed E-state index contributed by atoms with van der Waals surface area (Å²) in [5, 5.41) is 9.04. The fourth-order valence-corrected chi connectivity index (χ4v) is 2.37. The number of rotatable bonds is 5. The van der Waals surface area contributed by atoms with Crippen molar-refractivity contribution in [2.45, 2.75) is 59.3 Å². The highest BCUT2D eigenvalue weighted by Gasteiger charge is 2.15. The van der Waals surface area contributed by atoms with E-state index in [0.29, 0.717) is 17.8 Å². The van der Waals surface area contributed by atoms with E-state index in [2.05, 4.69) is 59.8 Å². The first-order chi connectivity index (χ1) is 8.88. The molecule has 0 aliphatic carbocycles. The maximum atomic E-state index is 9.04. The smallest absolute Gasteiger partial charge is 0.0615 e. The Bertz CT molecular complexity index is 410. The summed E-state index contributed by atoms with van der Waals surface area (Å²) in [7, 11) is 0. The number of aliphatic hydroxyl groups excluding tert-OH is 1. The monoisotopic (exact) mass is 260 g/mol. The molecule has 0 saturated carbocycles. The molecule has 0 fully saturated rings. The van der Waals surface area contributed by atoms with Crippen molar-refractivity contribution in [1.82, 2.24) is 0 Å². The van der Waals surface area contributed by atoms with Gasteiger partial charge in [-0.05, 0) is 40.0 Å². The summed E-state index contributed by atoms with van der Waals surface area (Å²) < 4.78 is 0. The quantitative estimate of drug-likeness (QED) is 0.784. The van der Waals surface area contributed by atoms with E-state index in [1.54, 1.807) is 0 Å². The van der Waals surface area contributed by atoms with E-state index in [1.807, 2.05) is 6.08 Å². The van der Waals surface area contributed by atoms with E-state index in [9.17, 15) is 0 Å². The van der Waals surface area contributed by atoms with Crippen LogP contribution in [-0.4, -0.2) is 11.7 Å². The molecule has 0 unspecified atom stereocenters. The standard InChI is InChI=1S/C18H28O/c1-12(2)15-10-17(13(3)4)16(8-7-9-19)18(11-15)14(5)6/h7-8,10-14,19H,9H2,1-6H3. The molecule has 1 nitrogen and oxygen atoms in total. The highest BCUT2D eigenvalue weighted by Crippen LogP contribution is 2.32. The Balaban J connectivity index is 3.51. The van der Waals surface area contributed by atoms with Gasteiger partial charge in [0, 0.05) is 0 Å². The average molecular weight is 260 g/mol. The van der Waals surface area contributed by atoms with Gasteiger partial charge in [-0.15, -0.1) is 0 Å². The number of hydrogen-bond donors (Lipinski definition) is 1. The maximum Gasteiger partial charge on any atom is 0.0615 e. The van der Waals surface area contributed by atoms with E-state index >= 15 is 0 Å². The van der Waals surface area contributed by atoms with Crippen LogP contribution in [0, 0.1) is 0 Å². The second-order valence-corrected chi connectivity index (χ2v) is 6.16. The van der Waals surface area contributed by atoms with Crippen molar-refractivity contribution in [2.24, 2.45) is 0 Å². The fraction of sp³-hybridized carbons (Fsp3) is 0.556. The van der Waals surface area contributed by atoms with Gasteiger partial charge in [0.25, 0.3) is 0 Å². The number of hydrogen-bond acceptors (Lipinski definition) is 1. The van der Waals surface area contributed by atoms with Crippen molar-refractivity contribution in [3.05, 3.63) is 40.5 Å². The second-order valence-electron chi connectivity index (χ2n) is 6.16. The lowest BCUT2D eigenvalue weighted by atomic mass is 9.84. The zero-order valence-electron chi connectivity index (χ0n) is 13.2. The lowest BCUT2D eigenvalue weighted by molar-refractivity contribution is 0.343. The Hall–Kier alpha value is -1.08. The Morgan fingerprint density at radius 3 is 1.68 bits per heavy atom. The zero-order chi connectivity index (χ0) is 14.6. The predicted octanol–water partition coefficient (Wildman–Crippen LogP) is 5.06. The van der Waals surface area contributed by atoms with Crippen LogP contribution < -0.4 is 0 Å². The van der Waals surface area contributed by atoms with Crippen molar-refractivity contribution in [3.8, 4) is 0 Å². The number of benzene rings is 1. The fourth-order valence-electron chi connectivity index (χ4n) is 2.37. The molecule has 0 radical (unpaired) electrons. The van der Waals surface area contributed by atoms with Gasteiger partial charge in [0.1, 0.15) is 0 Å². The highest BCUT2D eigenvalue weighted by atomic mass is 16.2. The van der Waals surface area contributed by atoms with Crippen molar-refractivity contribution in [1.29, 1.82) is 0 Å². The lowest BCUT2D eigenvalue weighted by Crippen LogP contribution is -2.03. The van der Waals surface area contributed by atoms with Gasteiger partial charge in [-0.25, -0.2) is 0 Å². The second kappa shape index (κ2) is 6.91. The minimum atomic E-state index is 0.0982. The molecule has 1 N–H and O–H groups in total. The molecule has 0 spiro atoms. The van der Waals surface area contributed by atoms with Crippen LogP contribution in [0.4, 0.5) is 0 Å². The Morgan fingerprint density at radius 1 is 0.895 bits per heavy atom. The highest BCUT2D eigenvalue weighted by molar-refractivity contribution is 5.61. The van der Waals surface area contributed by atoms with E-state index in [-0.39, 0.29) is 6.61 Å². The SMILES string of the molecule is CC(C)c1cc(C(C)C)c(C=CCO)c(C(C)C)c1. The molecule has 0 saturated heterocycles. The van der Waals surface area contributed by atoms with E-state index < -0.39 is 0 Å². The van der Waals surface area contributed by atoms with Crippen LogP contribution in [0.2, 0.25) is 0 Å². The van der Waals surface area contributed by atoms with E-state index in [0.717, 1.165) is 0 Å². The first kappa shape index (κ1) is 16.0. The summed E-state index contributed by atoms with van der Waals surface area (Å²) in [6, 6.07) is 4.66. The normalized spacial score (nSPS) is 12.3. The van der Waals surface area contributed by atoms with Gasteiger partial charge < -0.3 is 5.11 Å². The van der Waals surface area contributed by atoms with Crippen LogP contribution in [0.15, 0.2) is 18.2 Å². The lowest BCUT2D eigenvalue weighted by Gasteiger charge is -2.21. The maximum absolute atomic E-state index is 9.04. The molecule has 0 atom stereocenters. The average Bonchev–Trinajstić information content (AvgIpc) is 2.34. The molecule has 0 aliphatic rings. The third kappa shape index (κ3) is 3.94. The third-order valence-corrected chi connectivity index (χ3v) is 3.57. The van der Waals surface area contributed by atoms with Gasteiger partial charge in [-0.1, -0.05) is 65.8 Å². The van der Waals surface area contributed by atoms with Gasteiger partial charge >= 0.3 is 0 Å². The summed E-state index contributed by atoms with van der Waals surface area (Å²) >= 11 is 0. The predicted molar refractivity (Wildman–Crippen MR) is 84.8 cm³/mol. The van der Waals surface area contributed by atoms with Gasteiger partial charge in [-0.3, -0.25) is 0 Å². The minimum Gasteiger partial charge on any atom is -0.392 e. The van der Waals surface area contributed by atoms with Gasteiger partial charge in [-0.2, -0.15) is 0 Å². The topological polar surface area (TPSA) is 20.2 Å². The third-order valence-electron chi connectivity index (χ3n) is 3.57. The van der Waals surface area contributed by atoms with Crippen molar-refractivity contribution >= 4 is 6.08 Å². The van der Waals surface area contributed by atoms with Crippen molar-refractivity contribution in [3.63, 3.8) is 0 Å². The molecule has 0 aliphatic heterocycles. The molecule has 1 aromatic rings. The van der Waals surface area contributed by atoms with E-state index in [1.165, 1.54) is 22.3 Å². The van der Waals surface area contributed by atoms with Crippen LogP contribution in [0.1, 0.15) is 81.5 Å². The Kier molecular flexibility index (Phi) is 5.81. The van der Waals surface area contributed by atoms with E-state index in [4.69, 9.17) is 5.11 Å². The number of aliphatic hydroxyl groups is 1. The van der Waals surface area contributed by atoms with Crippen LogP contribution in [0.5, 0.6) is 0 Å². The van der Waals surface area contributed by atoms with Crippen LogP contribution in [-0.2, 0) is 0 Å².